The van der Waals surface area contributed by atoms with E-state index in [0.29, 0.717) is 52.0 Å². The number of aliphatic carboxylic acids is 1. The molecule has 1 unspecified atom stereocenters. The molecule has 2 aliphatic heterocycles. The first-order valence-electron chi connectivity index (χ1n) is 8.99. The van der Waals surface area contributed by atoms with Crippen molar-refractivity contribution >= 4 is 17.8 Å². The molecule has 2 heterocycles. The molecule has 0 aliphatic carbocycles. The van der Waals surface area contributed by atoms with E-state index in [0.717, 1.165) is 13.1 Å². The van der Waals surface area contributed by atoms with Gasteiger partial charge in [0.05, 0.1) is 12.0 Å². The Labute approximate surface area is 148 Å². The van der Waals surface area contributed by atoms with E-state index in [-0.39, 0.29) is 24.7 Å². The smallest absolute Gasteiger partial charge is 0.303 e. The predicted octanol–water partition coefficient (Wildman–Crippen LogP) is -0.241. The van der Waals surface area contributed by atoms with Crippen LogP contribution in [0.2, 0.25) is 0 Å². The van der Waals surface area contributed by atoms with Crippen molar-refractivity contribution in [1.82, 2.24) is 14.7 Å². The second kappa shape index (κ2) is 8.62. The van der Waals surface area contributed by atoms with Gasteiger partial charge < -0.3 is 20.0 Å². The largest absolute Gasteiger partial charge is 0.481 e. The van der Waals surface area contributed by atoms with Crippen LogP contribution in [-0.2, 0) is 14.4 Å². The Morgan fingerprint density at radius 1 is 0.920 bits per heavy atom. The first-order valence-corrected chi connectivity index (χ1v) is 8.99. The van der Waals surface area contributed by atoms with Gasteiger partial charge in [0.1, 0.15) is 0 Å². The van der Waals surface area contributed by atoms with Crippen LogP contribution in [0.15, 0.2) is 0 Å². The van der Waals surface area contributed by atoms with E-state index in [4.69, 9.17) is 5.11 Å². The summed E-state index contributed by atoms with van der Waals surface area (Å²) in [4.78, 5) is 39.7. The van der Waals surface area contributed by atoms with Crippen LogP contribution in [0.25, 0.3) is 0 Å². The average molecular weight is 355 g/mol. The molecule has 0 aromatic carbocycles. The molecule has 2 saturated heterocycles. The van der Waals surface area contributed by atoms with Crippen LogP contribution >= 0.6 is 0 Å². The minimum Gasteiger partial charge on any atom is -0.481 e. The predicted molar refractivity (Wildman–Crippen MR) is 90.9 cm³/mol. The van der Waals surface area contributed by atoms with Crippen LogP contribution in [0.1, 0.15) is 39.0 Å². The fourth-order valence-corrected chi connectivity index (χ4v) is 3.60. The third-order valence-electron chi connectivity index (χ3n) is 5.16. The van der Waals surface area contributed by atoms with Crippen molar-refractivity contribution in [3.63, 3.8) is 0 Å². The summed E-state index contributed by atoms with van der Waals surface area (Å²) >= 11 is 0. The second-order valence-electron chi connectivity index (χ2n) is 7.13. The zero-order valence-electron chi connectivity index (χ0n) is 14.9. The Morgan fingerprint density at radius 3 is 2.20 bits per heavy atom. The number of hydrogen-bond donors (Lipinski definition) is 2. The summed E-state index contributed by atoms with van der Waals surface area (Å²) in [6, 6.07) is 0. The Balaban J connectivity index is 1.81. The van der Waals surface area contributed by atoms with Crippen molar-refractivity contribution < 1.29 is 24.6 Å². The van der Waals surface area contributed by atoms with E-state index < -0.39 is 11.6 Å². The summed E-state index contributed by atoms with van der Waals surface area (Å²) in [6.07, 6.45) is 1.70. The fraction of sp³-hybridized carbons (Fsp3) is 0.824. The lowest BCUT2D eigenvalue weighted by molar-refractivity contribution is -0.141. The Kier molecular flexibility index (Phi) is 6.78. The summed E-state index contributed by atoms with van der Waals surface area (Å²) in [5, 5.41) is 19.6. The molecular formula is C17H29N3O5. The SMILES string of the molecule is CC(=O)N1CCN(CC2(O)CCCN(C(=O)CCC(=O)O)CC2)CC1. The molecule has 8 nitrogen and oxygen atoms in total. The molecule has 2 amide bonds. The molecule has 0 aromatic heterocycles. The van der Waals surface area contributed by atoms with Crippen LogP contribution in [0.5, 0.6) is 0 Å². The van der Waals surface area contributed by atoms with E-state index in [9.17, 15) is 19.5 Å². The molecule has 1 atom stereocenters. The Hall–Kier alpha value is -1.67. The lowest BCUT2D eigenvalue weighted by Gasteiger charge is -2.39. The van der Waals surface area contributed by atoms with Gasteiger partial charge in [-0.25, -0.2) is 0 Å². The van der Waals surface area contributed by atoms with Crippen LogP contribution in [-0.4, -0.2) is 94.1 Å². The average Bonchev–Trinajstić information content (AvgIpc) is 2.75. The van der Waals surface area contributed by atoms with Crippen molar-refractivity contribution in [2.75, 3.05) is 45.8 Å². The summed E-state index contributed by atoms with van der Waals surface area (Å²) in [5.74, 6) is -1.03. The molecule has 25 heavy (non-hydrogen) atoms. The number of aliphatic hydroxyl groups is 1. The van der Waals surface area contributed by atoms with Gasteiger partial charge in [0.15, 0.2) is 0 Å². The van der Waals surface area contributed by atoms with Gasteiger partial charge in [-0.15, -0.1) is 0 Å². The van der Waals surface area contributed by atoms with E-state index in [1.54, 1.807) is 11.8 Å². The standard InChI is InChI=1S/C17H29N3O5/c1-14(21)19-11-9-18(10-12-19)13-17(25)5-2-7-20(8-6-17)15(22)3-4-16(23)24/h25H,2-13H2,1H3,(H,23,24). The van der Waals surface area contributed by atoms with Gasteiger partial charge in [-0.3, -0.25) is 19.3 Å². The Bertz CT molecular complexity index is 505. The van der Waals surface area contributed by atoms with Gasteiger partial charge in [-0.2, -0.15) is 0 Å². The summed E-state index contributed by atoms with van der Waals surface area (Å²) in [6.45, 7) is 6.03. The number of carbonyl (C=O) groups is 3. The number of rotatable bonds is 5. The summed E-state index contributed by atoms with van der Waals surface area (Å²) < 4.78 is 0. The fourth-order valence-electron chi connectivity index (χ4n) is 3.60. The minimum atomic E-state index is -0.968. The number of nitrogens with zero attached hydrogens (tertiary/aromatic N) is 3. The second-order valence-corrected chi connectivity index (χ2v) is 7.13. The molecular weight excluding hydrogens is 326 g/mol. The molecule has 2 fully saturated rings. The first-order chi connectivity index (χ1) is 11.8. The van der Waals surface area contributed by atoms with Crippen molar-refractivity contribution in [1.29, 1.82) is 0 Å². The molecule has 142 valence electrons. The normalized spacial score (nSPS) is 25.5. The van der Waals surface area contributed by atoms with Gasteiger partial charge in [0, 0.05) is 59.2 Å². The zero-order valence-corrected chi connectivity index (χ0v) is 14.9. The highest BCUT2D eigenvalue weighted by Gasteiger charge is 2.34. The van der Waals surface area contributed by atoms with Gasteiger partial charge in [-0.05, 0) is 19.3 Å². The number of carboxylic acids is 1. The number of amides is 2. The van der Waals surface area contributed by atoms with E-state index >= 15 is 0 Å². The molecule has 0 aromatic rings. The van der Waals surface area contributed by atoms with Gasteiger partial charge in [0.25, 0.3) is 0 Å². The van der Waals surface area contributed by atoms with Crippen molar-refractivity contribution in [2.24, 2.45) is 0 Å². The molecule has 2 rings (SSSR count). The third-order valence-corrected chi connectivity index (χ3v) is 5.16. The third kappa shape index (κ3) is 5.97. The number of carbonyl (C=O) groups excluding carboxylic acids is 2. The van der Waals surface area contributed by atoms with Gasteiger partial charge in [-0.1, -0.05) is 0 Å². The van der Waals surface area contributed by atoms with Crippen LogP contribution in [0.4, 0.5) is 0 Å². The monoisotopic (exact) mass is 355 g/mol. The zero-order chi connectivity index (χ0) is 18.4. The number of piperazine rings is 1. The Morgan fingerprint density at radius 2 is 1.60 bits per heavy atom. The van der Waals surface area contributed by atoms with Crippen molar-refractivity contribution in [3.8, 4) is 0 Å². The highest BCUT2D eigenvalue weighted by molar-refractivity contribution is 5.80. The first kappa shape index (κ1) is 19.7. The molecule has 0 bridgehead atoms. The van der Waals surface area contributed by atoms with Crippen molar-refractivity contribution in [2.45, 2.75) is 44.6 Å². The maximum atomic E-state index is 12.1. The molecule has 0 radical (unpaired) electrons. The minimum absolute atomic E-state index is 0.0147. The lowest BCUT2D eigenvalue weighted by Crippen LogP contribution is -2.53. The van der Waals surface area contributed by atoms with Crippen LogP contribution in [0, 0.1) is 0 Å². The number of hydrogen-bond acceptors (Lipinski definition) is 5. The molecule has 0 saturated carbocycles. The number of β-amino-alcohol motifs (C(OH)–C–C–N with tert-alkyl or cyclic N) is 1. The van der Waals surface area contributed by atoms with Crippen LogP contribution in [0.3, 0.4) is 0 Å². The van der Waals surface area contributed by atoms with E-state index in [1.165, 1.54) is 0 Å². The number of likely N-dealkylation sites (tertiary alicyclic amines) is 1. The summed E-state index contributed by atoms with van der Waals surface area (Å²) in [7, 11) is 0. The number of carboxylic acid groups (broad SMARTS) is 1. The maximum Gasteiger partial charge on any atom is 0.303 e. The summed E-state index contributed by atoms with van der Waals surface area (Å²) in [5.41, 5.74) is -0.833. The maximum absolute atomic E-state index is 12.1. The quantitative estimate of drug-likeness (QED) is 0.706. The molecule has 2 N–H and O–H groups in total. The van der Waals surface area contributed by atoms with E-state index in [2.05, 4.69) is 4.90 Å². The van der Waals surface area contributed by atoms with E-state index in [1.807, 2.05) is 4.90 Å². The van der Waals surface area contributed by atoms with Crippen molar-refractivity contribution in [3.05, 3.63) is 0 Å². The molecule has 2 aliphatic rings. The molecule has 8 heteroatoms. The van der Waals surface area contributed by atoms with Gasteiger partial charge in [0.2, 0.25) is 11.8 Å². The molecule has 0 spiro atoms. The van der Waals surface area contributed by atoms with Crippen LogP contribution < -0.4 is 0 Å². The highest BCUT2D eigenvalue weighted by atomic mass is 16.4. The lowest BCUT2D eigenvalue weighted by atomic mass is 9.94. The highest BCUT2D eigenvalue weighted by Crippen LogP contribution is 2.24. The topological polar surface area (TPSA) is 101 Å². The van der Waals surface area contributed by atoms with Gasteiger partial charge >= 0.3 is 5.97 Å².